The number of carbonyl (C=O) groups excluding carboxylic acids is 2. The average molecular weight is 327 g/mol. The molecule has 7 nitrogen and oxygen atoms in total. The maximum Gasteiger partial charge on any atom is 0.271 e. The van der Waals surface area contributed by atoms with Crippen LogP contribution in [-0.4, -0.2) is 32.9 Å². The third-order valence-electron chi connectivity index (χ3n) is 3.87. The lowest BCUT2D eigenvalue weighted by Crippen LogP contribution is -2.25. The van der Waals surface area contributed by atoms with Crippen LogP contribution in [0.15, 0.2) is 30.9 Å². The first-order valence-electron chi connectivity index (χ1n) is 8.12. The Hall–Kier alpha value is -2.70. The first kappa shape index (κ1) is 16.2. The van der Waals surface area contributed by atoms with Gasteiger partial charge in [-0.3, -0.25) is 14.2 Å². The van der Waals surface area contributed by atoms with Gasteiger partial charge in [0.25, 0.3) is 5.91 Å². The highest BCUT2D eigenvalue weighted by Gasteiger charge is 2.22. The topological polar surface area (TPSA) is 88.9 Å². The number of aromatic nitrogens is 3. The number of hydrogen-bond acceptors (Lipinski definition) is 4. The zero-order valence-electron chi connectivity index (χ0n) is 13.8. The summed E-state index contributed by atoms with van der Waals surface area (Å²) in [5.41, 5.74) is 1.01. The summed E-state index contributed by atoms with van der Waals surface area (Å²) in [4.78, 5) is 32.1. The van der Waals surface area contributed by atoms with Crippen molar-refractivity contribution in [1.29, 1.82) is 0 Å². The summed E-state index contributed by atoms with van der Waals surface area (Å²) in [6.07, 6.45) is 7.18. The normalized spacial score (nSPS) is 13.8. The van der Waals surface area contributed by atoms with Gasteiger partial charge in [-0.2, -0.15) is 0 Å². The number of pyridine rings is 1. The summed E-state index contributed by atoms with van der Waals surface area (Å²) in [6, 6.07) is 3.54. The van der Waals surface area contributed by atoms with Crippen molar-refractivity contribution in [2.75, 3.05) is 11.9 Å². The van der Waals surface area contributed by atoms with E-state index < -0.39 is 0 Å². The van der Waals surface area contributed by atoms with E-state index >= 15 is 0 Å². The number of hydrogen-bond donors (Lipinski definition) is 2. The molecule has 2 amide bonds. The van der Waals surface area contributed by atoms with E-state index in [0.717, 1.165) is 0 Å². The second-order valence-electron chi connectivity index (χ2n) is 6.37. The number of anilines is 1. The van der Waals surface area contributed by atoms with Gasteiger partial charge in [-0.15, -0.1) is 0 Å². The van der Waals surface area contributed by atoms with Crippen molar-refractivity contribution >= 4 is 17.5 Å². The highest BCUT2D eigenvalue weighted by atomic mass is 16.2. The summed E-state index contributed by atoms with van der Waals surface area (Å²) in [5.74, 6) is 0.955. The Morgan fingerprint density at radius 2 is 2.08 bits per heavy atom. The van der Waals surface area contributed by atoms with E-state index in [9.17, 15) is 9.59 Å². The van der Waals surface area contributed by atoms with Crippen LogP contribution in [0, 0.1) is 11.8 Å². The molecule has 0 spiro atoms. The molecule has 0 unspecified atom stereocenters. The van der Waals surface area contributed by atoms with Gasteiger partial charge in [0.1, 0.15) is 17.8 Å². The average Bonchev–Trinajstić information content (AvgIpc) is 3.27. The predicted octanol–water partition coefficient (Wildman–Crippen LogP) is 2.00. The molecule has 2 heterocycles. The smallest absolute Gasteiger partial charge is 0.271 e. The van der Waals surface area contributed by atoms with Gasteiger partial charge in [-0.1, -0.05) is 13.8 Å². The van der Waals surface area contributed by atoms with Crippen molar-refractivity contribution in [2.24, 2.45) is 11.8 Å². The fraction of sp³-hybridized carbons (Fsp3) is 0.412. The van der Waals surface area contributed by atoms with Crippen LogP contribution in [0.2, 0.25) is 0 Å². The van der Waals surface area contributed by atoms with Crippen molar-refractivity contribution in [3.63, 3.8) is 0 Å². The van der Waals surface area contributed by atoms with Crippen LogP contribution in [0.3, 0.4) is 0 Å². The molecule has 126 valence electrons. The Balaban J connectivity index is 1.63. The lowest BCUT2D eigenvalue weighted by atomic mass is 10.2. The molecule has 7 heteroatoms. The second kappa shape index (κ2) is 6.82. The number of imidazole rings is 1. The van der Waals surface area contributed by atoms with Crippen molar-refractivity contribution in [3.8, 4) is 5.82 Å². The van der Waals surface area contributed by atoms with E-state index in [1.54, 1.807) is 35.4 Å². The molecule has 0 aromatic carbocycles. The standard InChI is InChI=1S/C17H21N5O2/c1-11(2)16(23)21-13-5-6-15(18-8-13)22-9-14(20-10-22)17(24)19-7-12-3-4-12/h5-6,8-12H,3-4,7H2,1-2H3,(H,19,24)(H,21,23). The fourth-order valence-electron chi connectivity index (χ4n) is 2.11. The molecular formula is C17H21N5O2. The van der Waals surface area contributed by atoms with E-state index in [1.165, 1.54) is 12.8 Å². The van der Waals surface area contributed by atoms with Gasteiger partial charge >= 0.3 is 0 Å². The van der Waals surface area contributed by atoms with E-state index in [0.29, 0.717) is 29.7 Å². The molecule has 1 saturated carbocycles. The zero-order valence-corrected chi connectivity index (χ0v) is 13.8. The summed E-state index contributed by atoms with van der Waals surface area (Å²) in [6.45, 7) is 4.38. The first-order chi connectivity index (χ1) is 11.5. The predicted molar refractivity (Wildman–Crippen MR) is 89.9 cm³/mol. The summed E-state index contributed by atoms with van der Waals surface area (Å²) in [7, 11) is 0. The van der Waals surface area contributed by atoms with Gasteiger partial charge in [0.2, 0.25) is 5.91 Å². The minimum absolute atomic E-state index is 0.0539. The molecule has 0 aliphatic heterocycles. The molecule has 1 aliphatic rings. The zero-order chi connectivity index (χ0) is 17.1. The molecule has 2 aromatic rings. The largest absolute Gasteiger partial charge is 0.350 e. The van der Waals surface area contributed by atoms with Gasteiger partial charge in [-0.05, 0) is 30.9 Å². The number of nitrogens with zero attached hydrogens (tertiary/aromatic N) is 3. The summed E-state index contributed by atoms with van der Waals surface area (Å²) in [5, 5.41) is 5.67. The summed E-state index contributed by atoms with van der Waals surface area (Å²) >= 11 is 0. The highest BCUT2D eigenvalue weighted by Crippen LogP contribution is 2.27. The quantitative estimate of drug-likeness (QED) is 0.849. The van der Waals surface area contributed by atoms with Gasteiger partial charge < -0.3 is 10.6 Å². The molecule has 0 radical (unpaired) electrons. The molecule has 3 rings (SSSR count). The fourth-order valence-corrected chi connectivity index (χ4v) is 2.11. The van der Waals surface area contributed by atoms with E-state index in [4.69, 9.17) is 0 Å². The number of nitrogens with one attached hydrogen (secondary N) is 2. The molecule has 2 aromatic heterocycles. The van der Waals surface area contributed by atoms with Crippen LogP contribution in [0.1, 0.15) is 37.2 Å². The lowest BCUT2D eigenvalue weighted by Gasteiger charge is -2.08. The molecule has 0 atom stereocenters. The minimum atomic E-state index is -0.165. The van der Waals surface area contributed by atoms with Crippen LogP contribution in [0.4, 0.5) is 5.69 Å². The Bertz CT molecular complexity index is 732. The van der Waals surface area contributed by atoms with Crippen molar-refractivity contribution < 1.29 is 9.59 Å². The lowest BCUT2D eigenvalue weighted by molar-refractivity contribution is -0.118. The van der Waals surface area contributed by atoms with Crippen LogP contribution in [0.5, 0.6) is 0 Å². The molecule has 0 bridgehead atoms. The second-order valence-corrected chi connectivity index (χ2v) is 6.37. The Morgan fingerprint density at radius 3 is 2.71 bits per heavy atom. The van der Waals surface area contributed by atoms with E-state index in [1.807, 2.05) is 13.8 Å². The van der Waals surface area contributed by atoms with Gasteiger partial charge in [0, 0.05) is 18.7 Å². The third kappa shape index (κ3) is 3.98. The number of rotatable bonds is 6. The molecule has 1 fully saturated rings. The molecule has 24 heavy (non-hydrogen) atoms. The van der Waals surface area contributed by atoms with Crippen molar-refractivity contribution in [1.82, 2.24) is 19.9 Å². The van der Waals surface area contributed by atoms with Gasteiger partial charge in [0.15, 0.2) is 0 Å². The summed E-state index contributed by atoms with van der Waals surface area (Å²) < 4.78 is 1.68. The Morgan fingerprint density at radius 1 is 1.29 bits per heavy atom. The number of amides is 2. The molecule has 0 saturated heterocycles. The minimum Gasteiger partial charge on any atom is -0.350 e. The van der Waals surface area contributed by atoms with E-state index in [-0.39, 0.29) is 17.7 Å². The van der Waals surface area contributed by atoms with Crippen molar-refractivity contribution in [3.05, 3.63) is 36.5 Å². The van der Waals surface area contributed by atoms with Crippen LogP contribution < -0.4 is 10.6 Å². The van der Waals surface area contributed by atoms with Crippen LogP contribution >= 0.6 is 0 Å². The van der Waals surface area contributed by atoms with Crippen LogP contribution in [0.25, 0.3) is 5.82 Å². The van der Waals surface area contributed by atoms with Gasteiger partial charge in [0.05, 0.1) is 11.9 Å². The molecular weight excluding hydrogens is 306 g/mol. The van der Waals surface area contributed by atoms with Crippen molar-refractivity contribution in [2.45, 2.75) is 26.7 Å². The van der Waals surface area contributed by atoms with E-state index in [2.05, 4.69) is 20.6 Å². The highest BCUT2D eigenvalue weighted by molar-refractivity contribution is 5.92. The monoisotopic (exact) mass is 327 g/mol. The van der Waals surface area contributed by atoms with Crippen LogP contribution in [-0.2, 0) is 4.79 Å². The van der Waals surface area contributed by atoms with Gasteiger partial charge in [-0.25, -0.2) is 9.97 Å². The molecule has 2 N–H and O–H groups in total. The maximum atomic E-state index is 12.0. The third-order valence-corrected chi connectivity index (χ3v) is 3.87. The molecule has 1 aliphatic carbocycles. The number of carbonyl (C=O) groups is 2. The maximum absolute atomic E-state index is 12.0. The first-order valence-corrected chi connectivity index (χ1v) is 8.12. The SMILES string of the molecule is CC(C)C(=O)Nc1ccc(-n2cnc(C(=O)NCC3CC3)c2)nc1. The Kier molecular flexibility index (Phi) is 4.59. The Labute approximate surface area is 140 Å².